The number of aryl methyl sites for hydroxylation is 1. The summed E-state index contributed by atoms with van der Waals surface area (Å²) in [6.45, 7) is 12.1. The highest BCUT2D eigenvalue weighted by Gasteiger charge is 2.56. The van der Waals surface area contributed by atoms with Crippen molar-refractivity contribution in [3.05, 3.63) is 52.1 Å². The molecule has 10 nitrogen and oxygen atoms in total. The predicted octanol–water partition coefficient (Wildman–Crippen LogP) is 3.85. The Balaban J connectivity index is 1.60. The zero-order chi connectivity index (χ0) is 30.7. The van der Waals surface area contributed by atoms with Crippen LogP contribution in [0, 0.1) is 31.1 Å². The number of fused-ring (bicyclic) bond motifs is 9. The maximum absolute atomic E-state index is 12.9. The molecule has 0 spiro atoms. The lowest BCUT2D eigenvalue weighted by atomic mass is 9.71. The van der Waals surface area contributed by atoms with Crippen LogP contribution in [0.2, 0.25) is 0 Å². The van der Waals surface area contributed by atoms with Gasteiger partial charge in [0.15, 0.2) is 23.0 Å². The fourth-order valence-corrected chi connectivity index (χ4v) is 7.77. The van der Waals surface area contributed by atoms with Crippen LogP contribution >= 0.6 is 0 Å². The van der Waals surface area contributed by atoms with E-state index in [4.69, 9.17) is 18.9 Å². The Morgan fingerprint density at radius 2 is 1.98 bits per heavy atom. The van der Waals surface area contributed by atoms with E-state index in [0.29, 0.717) is 42.4 Å². The summed E-state index contributed by atoms with van der Waals surface area (Å²) in [5.41, 5.74) is 5.40. The summed E-state index contributed by atoms with van der Waals surface area (Å²) in [7, 11) is 3.61. The molecule has 0 aromatic heterocycles. The number of hydrogen-bond donors (Lipinski definition) is 2. The third-order valence-electron chi connectivity index (χ3n) is 9.60. The van der Waals surface area contributed by atoms with Crippen LogP contribution < -0.4 is 24.3 Å². The van der Waals surface area contributed by atoms with E-state index in [1.165, 1.54) is 0 Å². The number of nitrogens with zero attached hydrogens (tertiary/aromatic N) is 3. The number of amides is 1. The van der Waals surface area contributed by atoms with Gasteiger partial charge in [-0.1, -0.05) is 32.6 Å². The third kappa shape index (κ3) is 4.32. The maximum atomic E-state index is 12.9. The molecule has 1 amide bonds. The number of rotatable bonds is 7. The summed E-state index contributed by atoms with van der Waals surface area (Å²) < 4.78 is 24.0. The molecule has 6 rings (SSSR count). The average Bonchev–Trinajstić information content (AvgIpc) is 3.46. The van der Waals surface area contributed by atoms with Crippen molar-refractivity contribution < 1.29 is 28.8 Å². The summed E-state index contributed by atoms with van der Waals surface area (Å²) in [5.74, 6) is 2.31. The summed E-state index contributed by atoms with van der Waals surface area (Å²) in [5, 5.41) is 25.6. The Kier molecular flexibility index (Phi) is 7.43. The molecule has 43 heavy (non-hydrogen) atoms. The molecule has 2 bridgehead atoms. The topological polar surface area (TPSA) is 117 Å². The monoisotopic (exact) mass is 588 g/mol. The second-order valence-electron chi connectivity index (χ2n) is 12.2. The SMILES string of the molecule is C=CCOc1c(C)c2c(c3c1CC1[C@@H]4c5c(cc(C)c(OC)c5O)C[C@H]([C@H](C#N)N1[C@H]3CNC(=O)C(C)C)N4C)OCO2. The normalized spacial score (nSPS) is 25.3. The third-order valence-corrected chi connectivity index (χ3v) is 9.60. The maximum Gasteiger partial charge on any atom is 0.231 e. The number of likely N-dealkylation sites (N-methyl/N-ethyl adjacent to an activating group) is 1. The quantitative estimate of drug-likeness (QED) is 0.465. The van der Waals surface area contributed by atoms with Crippen molar-refractivity contribution in [1.29, 1.82) is 5.26 Å². The Hall–Kier alpha value is -3.94. The highest BCUT2D eigenvalue weighted by molar-refractivity contribution is 5.78. The number of phenolic OH excluding ortho intramolecular Hbond substituents is 1. The first kappa shape index (κ1) is 29.1. The van der Waals surface area contributed by atoms with Crippen LogP contribution in [0.15, 0.2) is 18.7 Å². The average molecular weight is 589 g/mol. The van der Waals surface area contributed by atoms with Gasteiger partial charge in [-0.05, 0) is 44.9 Å². The van der Waals surface area contributed by atoms with E-state index in [1.54, 1.807) is 13.2 Å². The lowest BCUT2D eigenvalue weighted by Crippen LogP contribution is -2.68. The van der Waals surface area contributed by atoms with Gasteiger partial charge in [0.25, 0.3) is 0 Å². The van der Waals surface area contributed by atoms with Gasteiger partial charge in [-0.3, -0.25) is 14.6 Å². The van der Waals surface area contributed by atoms with Gasteiger partial charge in [-0.2, -0.15) is 5.26 Å². The van der Waals surface area contributed by atoms with Gasteiger partial charge in [0.1, 0.15) is 18.4 Å². The number of nitrogens with one attached hydrogen (secondary N) is 1. The number of piperazine rings is 1. The molecule has 10 heteroatoms. The molecule has 4 aliphatic rings. The lowest BCUT2D eigenvalue weighted by Gasteiger charge is -2.60. The standard InChI is InChI=1S/C33H40N4O6/c1-8-9-41-30-18(5)31-32(43-15-42-31)26-20(30)12-22-27-25-19(10-17(4)29(40-7)28(25)38)11-21(36(27)6)23(13-34)37(22)24(26)14-35-33(39)16(2)3/h8,10,16,21-24,27,38H,1,9,11-12,14-15H2,2-7H3,(H,35,39)/t21-,22?,23+,24+,27-/m1/s1. The molecular formula is C33H40N4O6. The zero-order valence-corrected chi connectivity index (χ0v) is 25.7. The second kappa shape index (κ2) is 11.0. The van der Waals surface area contributed by atoms with Crippen molar-refractivity contribution in [3.8, 4) is 34.8 Å². The molecule has 2 N–H and O–H groups in total. The van der Waals surface area contributed by atoms with Gasteiger partial charge in [0.05, 0.1) is 25.3 Å². The highest BCUT2D eigenvalue weighted by atomic mass is 16.7. The van der Waals surface area contributed by atoms with Crippen molar-refractivity contribution >= 4 is 5.91 Å². The van der Waals surface area contributed by atoms with Crippen molar-refractivity contribution in [1.82, 2.24) is 15.1 Å². The van der Waals surface area contributed by atoms with E-state index in [1.807, 2.05) is 34.7 Å². The summed E-state index contributed by atoms with van der Waals surface area (Å²) >= 11 is 0. The van der Waals surface area contributed by atoms with Gasteiger partial charge in [0, 0.05) is 46.8 Å². The van der Waals surface area contributed by atoms with E-state index in [-0.39, 0.29) is 49.0 Å². The fourth-order valence-electron chi connectivity index (χ4n) is 7.77. The molecule has 0 saturated carbocycles. The first-order valence-corrected chi connectivity index (χ1v) is 14.9. The molecule has 1 unspecified atom stereocenters. The van der Waals surface area contributed by atoms with Crippen molar-refractivity contribution in [2.75, 3.05) is 34.1 Å². The molecule has 4 heterocycles. The molecule has 4 aliphatic heterocycles. The zero-order valence-electron chi connectivity index (χ0n) is 25.7. The Morgan fingerprint density at radius 3 is 2.65 bits per heavy atom. The van der Waals surface area contributed by atoms with Gasteiger partial charge in [-0.15, -0.1) is 0 Å². The lowest BCUT2D eigenvalue weighted by molar-refractivity contribution is -0.125. The van der Waals surface area contributed by atoms with Crippen LogP contribution in [-0.4, -0.2) is 73.0 Å². The molecule has 1 fully saturated rings. The van der Waals surface area contributed by atoms with Crippen LogP contribution in [0.5, 0.6) is 28.7 Å². The Morgan fingerprint density at radius 1 is 1.23 bits per heavy atom. The number of aromatic hydroxyl groups is 1. The number of benzene rings is 2. The van der Waals surface area contributed by atoms with Crippen molar-refractivity contribution in [3.63, 3.8) is 0 Å². The van der Waals surface area contributed by atoms with Crippen LogP contribution in [0.3, 0.4) is 0 Å². The number of ether oxygens (including phenoxy) is 4. The van der Waals surface area contributed by atoms with E-state index in [0.717, 1.165) is 33.4 Å². The summed E-state index contributed by atoms with van der Waals surface area (Å²) in [6, 6.07) is 3.21. The molecule has 2 aromatic carbocycles. The minimum absolute atomic E-state index is 0.0706. The van der Waals surface area contributed by atoms with Gasteiger partial charge < -0.3 is 29.4 Å². The molecule has 228 valence electrons. The number of phenols is 1. The number of carbonyl (C=O) groups excluding carboxylic acids is 1. The van der Waals surface area contributed by atoms with Crippen molar-refractivity contribution in [2.24, 2.45) is 5.92 Å². The number of hydrogen-bond acceptors (Lipinski definition) is 9. The van der Waals surface area contributed by atoms with Crippen LogP contribution in [-0.2, 0) is 17.6 Å². The molecule has 2 aromatic rings. The largest absolute Gasteiger partial charge is 0.504 e. The summed E-state index contributed by atoms with van der Waals surface area (Å²) in [4.78, 5) is 17.4. The van der Waals surface area contributed by atoms with Crippen molar-refractivity contribution in [2.45, 2.75) is 70.7 Å². The molecule has 1 saturated heterocycles. The second-order valence-corrected chi connectivity index (χ2v) is 12.2. The van der Waals surface area contributed by atoms with Gasteiger partial charge in [0.2, 0.25) is 12.7 Å². The molecule has 5 atom stereocenters. The number of carbonyl (C=O) groups is 1. The Labute approximate surface area is 252 Å². The van der Waals surface area contributed by atoms with E-state index >= 15 is 0 Å². The Bertz CT molecular complexity index is 1530. The smallest absolute Gasteiger partial charge is 0.231 e. The fraction of sp³-hybridized carbons (Fsp3) is 0.515. The van der Waals surface area contributed by atoms with E-state index in [2.05, 4.69) is 33.8 Å². The number of methoxy groups -OCH3 is 1. The summed E-state index contributed by atoms with van der Waals surface area (Å²) in [6.07, 6.45) is 2.84. The van der Waals surface area contributed by atoms with Gasteiger partial charge >= 0.3 is 0 Å². The van der Waals surface area contributed by atoms with Gasteiger partial charge in [-0.25, -0.2) is 0 Å². The highest BCUT2D eigenvalue weighted by Crippen LogP contribution is 2.58. The predicted molar refractivity (Wildman–Crippen MR) is 160 cm³/mol. The number of nitriles is 1. The molecule has 0 aliphatic carbocycles. The minimum Gasteiger partial charge on any atom is -0.504 e. The first-order valence-electron chi connectivity index (χ1n) is 14.9. The molecular weight excluding hydrogens is 548 g/mol. The van der Waals surface area contributed by atoms with E-state index in [9.17, 15) is 15.2 Å². The van der Waals surface area contributed by atoms with Crippen LogP contribution in [0.4, 0.5) is 0 Å². The van der Waals surface area contributed by atoms with E-state index < -0.39 is 12.1 Å². The minimum atomic E-state index is -0.491. The van der Waals surface area contributed by atoms with Crippen LogP contribution in [0.25, 0.3) is 0 Å². The first-order chi connectivity index (χ1) is 20.6. The van der Waals surface area contributed by atoms with Crippen LogP contribution in [0.1, 0.15) is 59.3 Å². The molecule has 0 radical (unpaired) electrons.